The van der Waals surface area contributed by atoms with Crippen LogP contribution < -0.4 is 5.32 Å². The van der Waals surface area contributed by atoms with Gasteiger partial charge in [-0.05, 0) is 43.5 Å². The number of esters is 1. The highest BCUT2D eigenvalue weighted by Gasteiger charge is 2.27. The van der Waals surface area contributed by atoms with Crippen LogP contribution in [0.25, 0.3) is 0 Å². The van der Waals surface area contributed by atoms with E-state index in [0.29, 0.717) is 24.3 Å². The Hall–Kier alpha value is -3.15. The van der Waals surface area contributed by atoms with E-state index in [-0.39, 0.29) is 18.4 Å². The molecule has 31 heavy (non-hydrogen) atoms. The van der Waals surface area contributed by atoms with E-state index >= 15 is 0 Å². The number of hydrogen-bond donors (Lipinski definition) is 1. The summed E-state index contributed by atoms with van der Waals surface area (Å²) in [5.41, 5.74) is 1.87. The fourth-order valence-electron chi connectivity index (χ4n) is 3.44. The van der Waals surface area contributed by atoms with E-state index in [9.17, 15) is 14.4 Å². The van der Waals surface area contributed by atoms with Gasteiger partial charge in [0.25, 0.3) is 11.8 Å². The third-order valence-electron chi connectivity index (χ3n) is 5.42. The maximum absolute atomic E-state index is 12.7. The molecule has 0 aliphatic carbocycles. The largest absolute Gasteiger partial charge is 0.455 e. The molecule has 0 unspecified atom stereocenters. The molecule has 2 amide bonds. The van der Waals surface area contributed by atoms with Gasteiger partial charge in [0.2, 0.25) is 0 Å². The van der Waals surface area contributed by atoms with E-state index in [1.807, 2.05) is 58.0 Å². The molecule has 2 aromatic carbocycles. The average molecular weight is 425 g/mol. The second kappa shape index (κ2) is 11.9. The second-order valence-electron chi connectivity index (χ2n) is 7.49. The Bertz CT molecular complexity index is 878. The number of anilines is 1. The summed E-state index contributed by atoms with van der Waals surface area (Å²) >= 11 is 0. The zero-order valence-corrected chi connectivity index (χ0v) is 18.8. The summed E-state index contributed by atoms with van der Waals surface area (Å²) in [7, 11) is 0. The Morgan fingerprint density at radius 3 is 2.26 bits per heavy atom. The number of nitrogens with one attached hydrogen (secondary N) is 1. The lowest BCUT2D eigenvalue weighted by Crippen LogP contribution is -2.30. The number of carbonyl (C=O) groups excluding carboxylic acids is 3. The molecule has 0 aromatic heterocycles. The third-order valence-corrected chi connectivity index (χ3v) is 5.42. The van der Waals surface area contributed by atoms with Gasteiger partial charge in [-0.15, -0.1) is 0 Å². The fraction of sp³-hybridized carbons (Fsp3) is 0.400. The summed E-state index contributed by atoms with van der Waals surface area (Å²) in [5.74, 6) is -1.29. The van der Waals surface area contributed by atoms with Gasteiger partial charge in [-0.3, -0.25) is 14.4 Å². The van der Waals surface area contributed by atoms with Gasteiger partial charge in [-0.25, -0.2) is 0 Å². The second-order valence-corrected chi connectivity index (χ2v) is 7.49. The average Bonchev–Trinajstić information content (AvgIpc) is 2.79. The van der Waals surface area contributed by atoms with Crippen molar-refractivity contribution < 1.29 is 19.1 Å². The Kier molecular flexibility index (Phi) is 9.25. The highest BCUT2D eigenvalue weighted by Crippen LogP contribution is 2.28. The summed E-state index contributed by atoms with van der Waals surface area (Å²) in [6, 6.07) is 16.2. The van der Waals surface area contributed by atoms with Crippen molar-refractivity contribution in [2.24, 2.45) is 5.92 Å². The van der Waals surface area contributed by atoms with Crippen molar-refractivity contribution >= 4 is 23.5 Å². The van der Waals surface area contributed by atoms with E-state index in [2.05, 4.69) is 5.32 Å². The SMILES string of the molecule is CC[C@@H](C)[C@@H](C(=O)OCC(=O)Nc1cccc(C(=O)N(CC)CC)c1)c1ccccc1. The molecule has 0 aliphatic rings. The summed E-state index contributed by atoms with van der Waals surface area (Å²) in [4.78, 5) is 39.3. The highest BCUT2D eigenvalue weighted by molar-refractivity contribution is 5.97. The Morgan fingerprint density at radius 2 is 1.65 bits per heavy atom. The van der Waals surface area contributed by atoms with Gasteiger partial charge in [-0.1, -0.05) is 56.7 Å². The van der Waals surface area contributed by atoms with Gasteiger partial charge < -0.3 is 15.0 Å². The van der Waals surface area contributed by atoms with Gasteiger partial charge in [0.05, 0.1) is 5.92 Å². The van der Waals surface area contributed by atoms with E-state index in [4.69, 9.17) is 4.74 Å². The third kappa shape index (κ3) is 6.67. The van der Waals surface area contributed by atoms with Crippen molar-refractivity contribution in [2.75, 3.05) is 25.0 Å². The van der Waals surface area contributed by atoms with Crippen LogP contribution in [0.1, 0.15) is 56.0 Å². The normalized spacial score (nSPS) is 12.5. The zero-order chi connectivity index (χ0) is 22.8. The molecular formula is C25H32N2O4. The summed E-state index contributed by atoms with van der Waals surface area (Å²) in [5, 5.41) is 2.70. The summed E-state index contributed by atoms with van der Waals surface area (Å²) < 4.78 is 5.34. The molecule has 2 atom stereocenters. The van der Waals surface area contributed by atoms with Crippen molar-refractivity contribution in [2.45, 2.75) is 40.0 Å². The lowest BCUT2D eigenvalue weighted by atomic mass is 9.86. The minimum Gasteiger partial charge on any atom is -0.455 e. The molecule has 2 aromatic rings. The fourth-order valence-corrected chi connectivity index (χ4v) is 3.44. The maximum atomic E-state index is 12.7. The van der Waals surface area contributed by atoms with Gasteiger partial charge in [-0.2, -0.15) is 0 Å². The Balaban J connectivity index is 2.00. The van der Waals surface area contributed by atoms with Crippen LogP contribution in [0.15, 0.2) is 54.6 Å². The van der Waals surface area contributed by atoms with Crippen LogP contribution in [-0.4, -0.2) is 42.4 Å². The van der Waals surface area contributed by atoms with Crippen molar-refractivity contribution in [3.8, 4) is 0 Å². The number of amides is 2. The molecule has 0 saturated carbocycles. The van der Waals surface area contributed by atoms with Crippen molar-refractivity contribution in [3.63, 3.8) is 0 Å². The van der Waals surface area contributed by atoms with Crippen LogP contribution in [0.4, 0.5) is 5.69 Å². The van der Waals surface area contributed by atoms with Crippen LogP contribution in [0.5, 0.6) is 0 Å². The lowest BCUT2D eigenvalue weighted by Gasteiger charge is -2.22. The monoisotopic (exact) mass is 424 g/mol. The van der Waals surface area contributed by atoms with Crippen LogP contribution in [-0.2, 0) is 14.3 Å². The predicted molar refractivity (Wildman–Crippen MR) is 122 cm³/mol. The van der Waals surface area contributed by atoms with Gasteiger partial charge in [0, 0.05) is 24.3 Å². The quantitative estimate of drug-likeness (QED) is 0.571. The molecule has 0 bridgehead atoms. The molecule has 0 spiro atoms. The first-order valence-corrected chi connectivity index (χ1v) is 10.8. The summed E-state index contributed by atoms with van der Waals surface area (Å²) in [6.07, 6.45) is 0.814. The minimum absolute atomic E-state index is 0.0840. The highest BCUT2D eigenvalue weighted by atomic mass is 16.5. The van der Waals surface area contributed by atoms with E-state index in [1.165, 1.54) is 0 Å². The first kappa shape index (κ1) is 24.1. The van der Waals surface area contributed by atoms with Crippen molar-refractivity contribution in [1.29, 1.82) is 0 Å². The standard InChI is InChI=1S/C25H32N2O4/c1-5-18(4)23(19-12-9-8-10-13-19)25(30)31-17-22(28)26-21-15-11-14-20(16-21)24(29)27(6-2)7-3/h8-16,18,23H,5-7,17H2,1-4H3,(H,26,28)/t18-,23-/m1/s1. The molecule has 2 rings (SSSR count). The van der Waals surface area contributed by atoms with E-state index in [0.717, 1.165) is 12.0 Å². The van der Waals surface area contributed by atoms with Gasteiger partial charge >= 0.3 is 5.97 Å². The first-order chi connectivity index (χ1) is 14.9. The molecule has 0 fully saturated rings. The first-order valence-electron chi connectivity index (χ1n) is 10.8. The number of benzene rings is 2. The van der Waals surface area contributed by atoms with Crippen molar-refractivity contribution in [3.05, 3.63) is 65.7 Å². The van der Waals surface area contributed by atoms with Crippen molar-refractivity contribution in [1.82, 2.24) is 4.90 Å². The molecule has 0 heterocycles. The zero-order valence-electron chi connectivity index (χ0n) is 18.8. The summed E-state index contributed by atoms with van der Waals surface area (Å²) in [6.45, 7) is 8.70. The predicted octanol–water partition coefficient (Wildman–Crippen LogP) is 4.48. The minimum atomic E-state index is -0.447. The number of hydrogen-bond acceptors (Lipinski definition) is 4. The maximum Gasteiger partial charge on any atom is 0.314 e. The molecule has 166 valence electrons. The van der Waals surface area contributed by atoms with Crippen LogP contribution in [0.2, 0.25) is 0 Å². The Morgan fingerprint density at radius 1 is 0.968 bits per heavy atom. The van der Waals surface area contributed by atoms with E-state index < -0.39 is 17.8 Å². The topological polar surface area (TPSA) is 75.7 Å². The van der Waals surface area contributed by atoms with Crippen LogP contribution in [0, 0.1) is 5.92 Å². The molecule has 6 nitrogen and oxygen atoms in total. The lowest BCUT2D eigenvalue weighted by molar-refractivity contribution is -0.150. The number of nitrogens with zero attached hydrogens (tertiary/aromatic N) is 1. The number of rotatable bonds is 10. The molecular weight excluding hydrogens is 392 g/mol. The molecule has 1 N–H and O–H groups in total. The molecule has 0 radical (unpaired) electrons. The molecule has 0 saturated heterocycles. The van der Waals surface area contributed by atoms with Crippen LogP contribution in [0.3, 0.4) is 0 Å². The smallest absolute Gasteiger partial charge is 0.314 e. The molecule has 6 heteroatoms. The van der Waals surface area contributed by atoms with Gasteiger partial charge in [0.15, 0.2) is 6.61 Å². The molecule has 0 aliphatic heterocycles. The van der Waals surface area contributed by atoms with Gasteiger partial charge in [0.1, 0.15) is 0 Å². The number of ether oxygens (including phenoxy) is 1. The number of carbonyl (C=O) groups is 3. The van der Waals surface area contributed by atoms with Crippen LogP contribution >= 0.6 is 0 Å². The Labute approximate surface area is 184 Å². The van der Waals surface area contributed by atoms with E-state index in [1.54, 1.807) is 29.2 Å².